The molecule has 0 aliphatic carbocycles. The van der Waals surface area contributed by atoms with Crippen LogP contribution in [0.15, 0.2) is 41.7 Å². The van der Waals surface area contributed by atoms with Gasteiger partial charge in [-0.2, -0.15) is 0 Å². The summed E-state index contributed by atoms with van der Waals surface area (Å²) in [5.41, 5.74) is 4.16. The van der Waals surface area contributed by atoms with Crippen LogP contribution in [0.25, 0.3) is 10.8 Å². The molecule has 2 heterocycles. The van der Waals surface area contributed by atoms with Crippen molar-refractivity contribution in [1.29, 1.82) is 0 Å². The van der Waals surface area contributed by atoms with Crippen LogP contribution in [0.5, 0.6) is 0 Å². The summed E-state index contributed by atoms with van der Waals surface area (Å²) < 4.78 is 0. The minimum absolute atomic E-state index is 0.365. The quantitative estimate of drug-likeness (QED) is 0.870. The molecule has 1 saturated heterocycles. The molecule has 2 aromatic rings. The smallest absolute Gasteiger partial charge is 0.134 e. The Labute approximate surface area is 157 Å². The van der Waals surface area contributed by atoms with E-state index in [-0.39, 0.29) is 0 Å². The second kappa shape index (κ2) is 8.09. The Morgan fingerprint density at radius 3 is 2.50 bits per heavy atom. The first kappa shape index (κ1) is 18.7. The number of allylic oxidation sites excluding steroid dienone is 2. The minimum atomic E-state index is 0.365. The van der Waals surface area contributed by atoms with E-state index in [9.17, 15) is 0 Å². The number of aromatic nitrogens is 1. The fourth-order valence-corrected chi connectivity index (χ4v) is 3.73. The number of nitrogens with one attached hydrogen (secondary N) is 1. The number of rotatable bonds is 5. The molecular weight excluding hydrogens is 320 g/mol. The topological polar surface area (TPSA) is 31.4 Å². The number of pyridine rings is 1. The molecule has 1 unspecified atom stereocenters. The third-order valence-corrected chi connectivity index (χ3v) is 5.51. The molecule has 0 amide bonds. The molecular formula is C22H32N4. The van der Waals surface area contributed by atoms with E-state index in [0.29, 0.717) is 6.04 Å². The summed E-state index contributed by atoms with van der Waals surface area (Å²) in [5.74, 6) is 0.998. The maximum absolute atomic E-state index is 4.59. The fourth-order valence-electron chi connectivity index (χ4n) is 3.73. The Balaban J connectivity index is 1.60. The highest BCUT2D eigenvalue weighted by Crippen LogP contribution is 2.24. The van der Waals surface area contributed by atoms with Crippen molar-refractivity contribution in [3.05, 3.63) is 47.3 Å². The Morgan fingerprint density at radius 2 is 1.81 bits per heavy atom. The lowest BCUT2D eigenvalue weighted by Gasteiger charge is -2.38. The van der Waals surface area contributed by atoms with Gasteiger partial charge >= 0.3 is 0 Å². The summed E-state index contributed by atoms with van der Waals surface area (Å²) in [6.07, 6.45) is 1.91. The Hall–Kier alpha value is -2.07. The van der Waals surface area contributed by atoms with Crippen molar-refractivity contribution in [3.8, 4) is 0 Å². The Bertz CT molecular complexity index is 784. The van der Waals surface area contributed by atoms with Gasteiger partial charge in [-0.25, -0.2) is 4.98 Å². The van der Waals surface area contributed by atoms with Crippen LogP contribution < -0.4 is 5.32 Å². The van der Waals surface area contributed by atoms with Gasteiger partial charge in [-0.3, -0.25) is 4.90 Å². The monoisotopic (exact) mass is 352 g/mol. The van der Waals surface area contributed by atoms with Gasteiger partial charge in [0, 0.05) is 56.0 Å². The van der Waals surface area contributed by atoms with Gasteiger partial charge in [0.2, 0.25) is 0 Å². The first-order valence-electron chi connectivity index (χ1n) is 9.68. The average Bonchev–Trinajstić information content (AvgIpc) is 2.62. The molecule has 0 saturated carbocycles. The third kappa shape index (κ3) is 4.18. The highest BCUT2D eigenvalue weighted by Gasteiger charge is 2.19. The first-order valence-corrected chi connectivity index (χ1v) is 9.68. The molecule has 140 valence electrons. The van der Waals surface area contributed by atoms with Gasteiger partial charge < -0.3 is 10.2 Å². The maximum Gasteiger partial charge on any atom is 0.134 e. The maximum atomic E-state index is 4.59. The molecule has 1 N–H and O–H groups in total. The molecule has 4 nitrogen and oxygen atoms in total. The van der Waals surface area contributed by atoms with Crippen molar-refractivity contribution < 1.29 is 0 Å². The summed E-state index contributed by atoms with van der Waals surface area (Å²) in [5, 5.41) is 6.13. The van der Waals surface area contributed by atoms with E-state index in [2.05, 4.69) is 79.0 Å². The SMILES string of the molecule is CC(C)=C(C)N1CCN(CC(C)Nc2nccc3c(C)cccc23)CC1. The zero-order valence-corrected chi connectivity index (χ0v) is 16.8. The Morgan fingerprint density at radius 1 is 1.08 bits per heavy atom. The van der Waals surface area contributed by atoms with E-state index >= 15 is 0 Å². The summed E-state index contributed by atoms with van der Waals surface area (Å²) in [6, 6.07) is 8.89. The fraction of sp³-hybridized carbons (Fsp3) is 0.500. The number of piperazine rings is 1. The van der Waals surface area contributed by atoms with E-state index < -0.39 is 0 Å². The highest BCUT2D eigenvalue weighted by molar-refractivity contribution is 5.93. The van der Waals surface area contributed by atoms with Crippen molar-refractivity contribution in [3.63, 3.8) is 0 Å². The number of fused-ring (bicyclic) bond motifs is 1. The summed E-state index contributed by atoms with van der Waals surface area (Å²) in [6.45, 7) is 16.6. The lowest BCUT2D eigenvalue weighted by Crippen LogP contribution is -2.48. The predicted molar refractivity (Wildman–Crippen MR) is 112 cm³/mol. The van der Waals surface area contributed by atoms with Gasteiger partial charge in [0.05, 0.1) is 0 Å². The molecule has 1 atom stereocenters. The minimum Gasteiger partial charge on any atom is -0.373 e. The molecule has 0 radical (unpaired) electrons. The van der Waals surface area contributed by atoms with E-state index in [1.165, 1.54) is 27.6 Å². The average molecular weight is 353 g/mol. The molecule has 4 heteroatoms. The molecule has 1 aliphatic heterocycles. The second-order valence-electron chi connectivity index (χ2n) is 7.75. The number of anilines is 1. The lowest BCUT2D eigenvalue weighted by atomic mass is 10.1. The number of nitrogens with zero attached hydrogens (tertiary/aromatic N) is 3. The summed E-state index contributed by atoms with van der Waals surface area (Å²) in [7, 11) is 0. The van der Waals surface area contributed by atoms with Gasteiger partial charge in [0.1, 0.15) is 5.82 Å². The van der Waals surface area contributed by atoms with E-state index in [1.807, 2.05) is 6.20 Å². The third-order valence-electron chi connectivity index (χ3n) is 5.51. The number of aryl methyl sites for hydroxylation is 1. The van der Waals surface area contributed by atoms with Crippen LogP contribution in [-0.4, -0.2) is 53.5 Å². The molecule has 1 fully saturated rings. The van der Waals surface area contributed by atoms with Crippen molar-refractivity contribution in [2.24, 2.45) is 0 Å². The van der Waals surface area contributed by atoms with E-state index in [4.69, 9.17) is 0 Å². The van der Waals surface area contributed by atoms with Gasteiger partial charge in [-0.15, -0.1) is 0 Å². The molecule has 3 rings (SSSR count). The summed E-state index contributed by atoms with van der Waals surface area (Å²) >= 11 is 0. The molecule has 1 aromatic heterocycles. The van der Waals surface area contributed by atoms with E-state index in [1.54, 1.807) is 0 Å². The van der Waals surface area contributed by atoms with Crippen molar-refractivity contribution in [1.82, 2.24) is 14.8 Å². The van der Waals surface area contributed by atoms with E-state index in [0.717, 1.165) is 38.5 Å². The number of benzene rings is 1. The lowest BCUT2D eigenvalue weighted by molar-refractivity contribution is 0.155. The largest absolute Gasteiger partial charge is 0.373 e. The van der Waals surface area contributed by atoms with Crippen LogP contribution in [-0.2, 0) is 0 Å². The van der Waals surface area contributed by atoms with Crippen LogP contribution in [0.3, 0.4) is 0 Å². The predicted octanol–water partition coefficient (Wildman–Crippen LogP) is 4.28. The van der Waals surface area contributed by atoms with Crippen molar-refractivity contribution in [2.75, 3.05) is 38.0 Å². The van der Waals surface area contributed by atoms with Crippen LogP contribution in [0.4, 0.5) is 5.82 Å². The van der Waals surface area contributed by atoms with Gasteiger partial charge in [0.15, 0.2) is 0 Å². The van der Waals surface area contributed by atoms with Crippen LogP contribution >= 0.6 is 0 Å². The molecule has 0 spiro atoms. The normalized spacial score (nSPS) is 16.6. The van der Waals surface area contributed by atoms with Crippen LogP contribution in [0, 0.1) is 6.92 Å². The van der Waals surface area contributed by atoms with Gasteiger partial charge in [-0.1, -0.05) is 23.8 Å². The molecule has 1 aromatic carbocycles. The van der Waals surface area contributed by atoms with Crippen molar-refractivity contribution in [2.45, 2.75) is 40.7 Å². The first-order chi connectivity index (χ1) is 12.5. The molecule has 0 bridgehead atoms. The zero-order chi connectivity index (χ0) is 18.7. The second-order valence-corrected chi connectivity index (χ2v) is 7.75. The van der Waals surface area contributed by atoms with Crippen LogP contribution in [0.2, 0.25) is 0 Å². The number of hydrogen-bond acceptors (Lipinski definition) is 4. The molecule has 26 heavy (non-hydrogen) atoms. The highest BCUT2D eigenvalue weighted by atomic mass is 15.3. The summed E-state index contributed by atoms with van der Waals surface area (Å²) in [4.78, 5) is 9.66. The Kier molecular flexibility index (Phi) is 5.82. The van der Waals surface area contributed by atoms with Crippen LogP contribution in [0.1, 0.15) is 33.3 Å². The van der Waals surface area contributed by atoms with Crippen molar-refractivity contribution >= 4 is 16.6 Å². The number of hydrogen-bond donors (Lipinski definition) is 1. The van der Waals surface area contributed by atoms with Gasteiger partial charge in [0.25, 0.3) is 0 Å². The van der Waals surface area contributed by atoms with Gasteiger partial charge in [-0.05, 0) is 51.6 Å². The molecule has 1 aliphatic rings. The zero-order valence-electron chi connectivity index (χ0n) is 16.8. The standard InChI is InChI=1S/C22H32N4/c1-16(2)19(5)26-13-11-25(12-14-26)15-18(4)24-22-21-8-6-7-17(3)20(21)9-10-23-22/h6-10,18H,11-15H2,1-5H3,(H,23,24).